The van der Waals surface area contributed by atoms with E-state index in [2.05, 4.69) is 15.3 Å². The molecular formula is C14H18N4O4. The molecule has 0 spiro atoms. The molecule has 0 saturated heterocycles. The van der Waals surface area contributed by atoms with Crippen LogP contribution < -0.4 is 5.32 Å². The fourth-order valence-corrected chi connectivity index (χ4v) is 1.89. The third-order valence-electron chi connectivity index (χ3n) is 2.65. The fraction of sp³-hybridized carbons (Fsp3) is 0.429. The molecule has 22 heavy (non-hydrogen) atoms. The molecule has 0 aliphatic heterocycles. The first kappa shape index (κ1) is 15.7. The molecule has 0 radical (unpaired) electrons. The highest BCUT2D eigenvalue weighted by Crippen LogP contribution is 2.12. The summed E-state index contributed by atoms with van der Waals surface area (Å²) in [6, 6.07) is 0. The van der Waals surface area contributed by atoms with Crippen molar-refractivity contribution < 1.29 is 19.4 Å². The molecule has 0 bridgehead atoms. The fourth-order valence-electron chi connectivity index (χ4n) is 1.89. The number of hydrogen-bond acceptors (Lipinski definition) is 5. The van der Waals surface area contributed by atoms with Gasteiger partial charge in [0.05, 0.1) is 12.2 Å². The van der Waals surface area contributed by atoms with Crippen LogP contribution in [-0.2, 0) is 11.3 Å². The number of rotatable bonds is 3. The van der Waals surface area contributed by atoms with E-state index in [1.54, 1.807) is 38.3 Å². The van der Waals surface area contributed by atoms with Crippen LogP contribution in [0.2, 0.25) is 0 Å². The lowest BCUT2D eigenvalue weighted by Crippen LogP contribution is -2.32. The zero-order valence-corrected chi connectivity index (χ0v) is 12.9. The summed E-state index contributed by atoms with van der Waals surface area (Å²) in [5.41, 5.74) is 0.870. The number of ether oxygens (including phenoxy) is 1. The molecule has 8 heteroatoms. The summed E-state index contributed by atoms with van der Waals surface area (Å²) in [4.78, 5) is 31.0. The van der Waals surface area contributed by atoms with E-state index in [1.165, 1.54) is 6.20 Å². The summed E-state index contributed by atoms with van der Waals surface area (Å²) < 4.78 is 6.73. The van der Waals surface area contributed by atoms with Crippen molar-refractivity contribution in [1.82, 2.24) is 19.7 Å². The maximum Gasteiger partial charge on any atom is 0.407 e. The Bertz CT molecular complexity index is 730. The molecule has 2 N–H and O–H groups in total. The average molecular weight is 306 g/mol. The molecule has 0 saturated carbocycles. The lowest BCUT2D eigenvalue weighted by molar-refractivity contribution is 0.0522. The van der Waals surface area contributed by atoms with Gasteiger partial charge in [0, 0.05) is 12.4 Å². The predicted octanol–water partition coefficient (Wildman–Crippen LogP) is 1.76. The third-order valence-corrected chi connectivity index (χ3v) is 2.65. The van der Waals surface area contributed by atoms with E-state index in [-0.39, 0.29) is 12.2 Å². The van der Waals surface area contributed by atoms with Crippen LogP contribution in [0.5, 0.6) is 0 Å². The molecule has 2 aromatic heterocycles. The van der Waals surface area contributed by atoms with Crippen LogP contribution in [0.3, 0.4) is 0 Å². The number of amides is 1. The number of nitrogens with one attached hydrogen (secondary N) is 1. The second-order valence-corrected chi connectivity index (χ2v) is 5.85. The maximum atomic E-state index is 11.7. The van der Waals surface area contributed by atoms with Gasteiger partial charge in [-0.2, -0.15) is 0 Å². The number of aromatic carboxylic acids is 1. The number of nitrogens with zero attached hydrogens (tertiary/aromatic N) is 3. The van der Waals surface area contributed by atoms with E-state index >= 15 is 0 Å². The number of carboxylic acid groups (broad SMARTS) is 1. The minimum atomic E-state index is -1.12. The van der Waals surface area contributed by atoms with E-state index < -0.39 is 17.7 Å². The number of imidazole rings is 1. The van der Waals surface area contributed by atoms with Gasteiger partial charge in [-0.15, -0.1) is 0 Å². The van der Waals surface area contributed by atoms with Crippen molar-refractivity contribution in [3.05, 3.63) is 29.5 Å². The van der Waals surface area contributed by atoms with E-state index in [0.717, 1.165) is 0 Å². The Morgan fingerprint density at radius 1 is 1.32 bits per heavy atom. The van der Waals surface area contributed by atoms with Crippen LogP contribution in [0.15, 0.2) is 12.4 Å². The van der Waals surface area contributed by atoms with Crippen LogP contribution >= 0.6 is 0 Å². The zero-order valence-electron chi connectivity index (χ0n) is 12.9. The summed E-state index contributed by atoms with van der Waals surface area (Å²) >= 11 is 0. The molecule has 0 aliphatic rings. The lowest BCUT2D eigenvalue weighted by atomic mass is 10.2. The Kier molecular flexibility index (Phi) is 4.03. The Morgan fingerprint density at radius 2 is 2.00 bits per heavy atom. The third kappa shape index (κ3) is 3.72. The van der Waals surface area contributed by atoms with Crippen LogP contribution in [0.4, 0.5) is 4.79 Å². The van der Waals surface area contributed by atoms with Crippen LogP contribution in [0.25, 0.3) is 5.65 Å². The molecule has 0 unspecified atom stereocenters. The first-order valence-electron chi connectivity index (χ1n) is 6.71. The van der Waals surface area contributed by atoms with Crippen LogP contribution in [0.1, 0.15) is 42.6 Å². The molecule has 8 nitrogen and oxygen atoms in total. The number of fused-ring (bicyclic) bond motifs is 1. The smallest absolute Gasteiger partial charge is 0.407 e. The Labute approximate surface area is 127 Å². The van der Waals surface area contributed by atoms with Crippen molar-refractivity contribution in [2.24, 2.45) is 0 Å². The Morgan fingerprint density at radius 3 is 2.59 bits per heavy atom. The standard InChI is InChI=1S/C14H18N4O4/c1-8-6-18-7-10(12(19)20)17-11(18)9(16-8)5-15-13(21)22-14(2,3)4/h6-7H,5H2,1-4H3,(H,15,21)(H,19,20). The normalized spacial score (nSPS) is 11.5. The molecule has 2 heterocycles. The number of carboxylic acids is 1. The summed E-state index contributed by atoms with van der Waals surface area (Å²) in [6.45, 7) is 7.17. The van der Waals surface area contributed by atoms with E-state index in [4.69, 9.17) is 9.84 Å². The minimum absolute atomic E-state index is 0.0779. The predicted molar refractivity (Wildman–Crippen MR) is 77.8 cm³/mol. The number of hydrogen-bond donors (Lipinski definition) is 2. The van der Waals surface area contributed by atoms with Gasteiger partial charge in [-0.05, 0) is 27.7 Å². The summed E-state index contributed by atoms with van der Waals surface area (Å²) in [6.07, 6.45) is 2.51. The second kappa shape index (κ2) is 5.63. The monoisotopic (exact) mass is 306 g/mol. The van der Waals surface area contributed by atoms with Crippen molar-refractivity contribution in [1.29, 1.82) is 0 Å². The van der Waals surface area contributed by atoms with Gasteiger partial charge >= 0.3 is 12.1 Å². The molecule has 0 fully saturated rings. The van der Waals surface area contributed by atoms with E-state index in [0.29, 0.717) is 17.0 Å². The van der Waals surface area contributed by atoms with Gasteiger partial charge in [-0.3, -0.25) is 4.98 Å². The van der Waals surface area contributed by atoms with Gasteiger partial charge in [0.1, 0.15) is 11.3 Å². The summed E-state index contributed by atoms with van der Waals surface area (Å²) in [5, 5.41) is 11.6. The molecule has 1 amide bonds. The van der Waals surface area contributed by atoms with E-state index in [9.17, 15) is 9.59 Å². The van der Waals surface area contributed by atoms with Gasteiger partial charge in [0.25, 0.3) is 0 Å². The molecule has 2 rings (SSSR count). The number of aryl methyl sites for hydroxylation is 1. The van der Waals surface area contributed by atoms with Crippen LogP contribution in [0, 0.1) is 6.92 Å². The van der Waals surface area contributed by atoms with Crippen molar-refractivity contribution in [3.63, 3.8) is 0 Å². The van der Waals surface area contributed by atoms with Gasteiger partial charge in [0.2, 0.25) is 0 Å². The molecular weight excluding hydrogens is 288 g/mol. The summed E-state index contributed by atoms with van der Waals surface area (Å²) in [7, 11) is 0. The van der Waals surface area contributed by atoms with Gasteiger partial charge in [-0.25, -0.2) is 14.6 Å². The van der Waals surface area contributed by atoms with Crippen molar-refractivity contribution >= 4 is 17.7 Å². The first-order chi connectivity index (χ1) is 10.2. The highest BCUT2D eigenvalue weighted by atomic mass is 16.6. The van der Waals surface area contributed by atoms with Crippen molar-refractivity contribution in [2.75, 3.05) is 0 Å². The van der Waals surface area contributed by atoms with Gasteiger partial charge in [0.15, 0.2) is 11.3 Å². The second-order valence-electron chi connectivity index (χ2n) is 5.85. The molecule has 118 valence electrons. The van der Waals surface area contributed by atoms with Crippen molar-refractivity contribution in [3.8, 4) is 0 Å². The number of aromatic nitrogens is 3. The lowest BCUT2D eigenvalue weighted by Gasteiger charge is -2.19. The molecule has 0 aromatic carbocycles. The maximum absolute atomic E-state index is 11.7. The summed E-state index contributed by atoms with van der Waals surface area (Å²) in [5.74, 6) is -1.12. The average Bonchev–Trinajstić information content (AvgIpc) is 2.77. The Hall–Kier alpha value is -2.64. The van der Waals surface area contributed by atoms with Crippen LogP contribution in [-0.4, -0.2) is 37.1 Å². The highest BCUT2D eigenvalue weighted by Gasteiger charge is 2.17. The van der Waals surface area contributed by atoms with E-state index in [1.807, 2.05) is 0 Å². The SMILES string of the molecule is Cc1cn2cc(C(=O)O)nc2c(CNC(=O)OC(C)(C)C)n1. The number of alkyl carbamates (subject to hydrolysis) is 1. The quantitative estimate of drug-likeness (QED) is 0.895. The molecule has 2 aromatic rings. The molecule has 0 aliphatic carbocycles. The highest BCUT2D eigenvalue weighted by molar-refractivity contribution is 5.86. The van der Waals surface area contributed by atoms with Gasteiger partial charge < -0.3 is 19.6 Å². The zero-order chi connectivity index (χ0) is 16.5. The topological polar surface area (TPSA) is 106 Å². The largest absolute Gasteiger partial charge is 0.476 e. The molecule has 0 atom stereocenters. The minimum Gasteiger partial charge on any atom is -0.476 e. The Balaban J connectivity index is 2.23. The number of carbonyl (C=O) groups is 2. The number of carbonyl (C=O) groups excluding carboxylic acids is 1. The van der Waals surface area contributed by atoms with Gasteiger partial charge in [-0.1, -0.05) is 0 Å². The first-order valence-corrected chi connectivity index (χ1v) is 6.71. The van der Waals surface area contributed by atoms with Crippen molar-refractivity contribution in [2.45, 2.75) is 39.8 Å².